The molecular weight excluding hydrogens is 290 g/mol. The molecule has 5 nitrogen and oxygen atoms in total. The molecule has 0 spiro atoms. The number of piperidine rings is 1. The highest BCUT2D eigenvalue weighted by atomic mass is 16.2. The van der Waals surface area contributed by atoms with Crippen molar-refractivity contribution in [2.45, 2.75) is 26.7 Å². The number of carbonyl (C=O) groups is 2. The summed E-state index contributed by atoms with van der Waals surface area (Å²) in [5, 5.41) is 2.85. The van der Waals surface area contributed by atoms with Crippen molar-refractivity contribution in [1.82, 2.24) is 9.88 Å². The van der Waals surface area contributed by atoms with Crippen molar-refractivity contribution in [3.8, 4) is 0 Å². The summed E-state index contributed by atoms with van der Waals surface area (Å²) in [7, 11) is 0. The number of pyridine rings is 1. The van der Waals surface area contributed by atoms with Crippen LogP contribution in [0.1, 0.15) is 25.5 Å². The number of likely N-dealkylation sites (tertiary alicyclic amines) is 1. The average Bonchev–Trinajstić information content (AvgIpc) is 2.55. The Morgan fingerprint density at radius 2 is 2.17 bits per heavy atom. The highest BCUT2D eigenvalue weighted by Gasteiger charge is 2.27. The molecule has 1 N–H and O–H groups in total. The summed E-state index contributed by atoms with van der Waals surface area (Å²) in [5.74, 6) is 0.254. The molecule has 0 saturated carbocycles. The summed E-state index contributed by atoms with van der Waals surface area (Å²) in [4.78, 5) is 30.5. The topological polar surface area (TPSA) is 62.3 Å². The number of carbonyl (C=O) groups excluding carboxylic acids is 2. The molecule has 1 unspecified atom stereocenters. The normalized spacial score (nSPS) is 18.5. The summed E-state index contributed by atoms with van der Waals surface area (Å²) in [6.45, 7) is 4.94. The fraction of sp³-hybridized carbons (Fsp3) is 0.389. The molecule has 1 aromatic rings. The molecule has 2 amide bonds. The molecule has 0 aromatic carbocycles. The first-order valence-corrected chi connectivity index (χ1v) is 7.93. The van der Waals surface area contributed by atoms with Crippen molar-refractivity contribution in [1.29, 1.82) is 0 Å². The van der Waals surface area contributed by atoms with E-state index in [1.165, 1.54) is 0 Å². The van der Waals surface area contributed by atoms with E-state index in [1.54, 1.807) is 23.1 Å². The zero-order chi connectivity index (χ0) is 16.7. The number of aromatic nitrogens is 1. The maximum atomic E-state index is 12.4. The lowest BCUT2D eigenvalue weighted by atomic mass is 9.97. The zero-order valence-corrected chi connectivity index (χ0v) is 13.7. The van der Waals surface area contributed by atoms with Crippen LogP contribution < -0.4 is 5.32 Å². The van der Waals surface area contributed by atoms with E-state index in [-0.39, 0.29) is 17.7 Å². The molecule has 1 aliphatic heterocycles. The molecule has 0 bridgehead atoms. The summed E-state index contributed by atoms with van der Waals surface area (Å²) in [6.07, 6.45) is 8.58. The molecule has 0 radical (unpaired) electrons. The van der Waals surface area contributed by atoms with Crippen LogP contribution in [0.2, 0.25) is 0 Å². The second-order valence-corrected chi connectivity index (χ2v) is 5.66. The van der Waals surface area contributed by atoms with Gasteiger partial charge in [0.05, 0.1) is 5.92 Å². The molecule has 5 heteroatoms. The quantitative estimate of drug-likeness (QED) is 0.687. The van der Waals surface area contributed by atoms with Crippen LogP contribution in [0.5, 0.6) is 0 Å². The van der Waals surface area contributed by atoms with Gasteiger partial charge in [0.1, 0.15) is 5.82 Å². The van der Waals surface area contributed by atoms with Gasteiger partial charge < -0.3 is 10.2 Å². The summed E-state index contributed by atoms with van der Waals surface area (Å²) in [6, 6.07) is 5.52. The molecule has 2 rings (SSSR count). The van der Waals surface area contributed by atoms with E-state index in [4.69, 9.17) is 0 Å². The van der Waals surface area contributed by atoms with E-state index in [1.807, 2.05) is 38.1 Å². The Morgan fingerprint density at radius 3 is 2.91 bits per heavy atom. The number of allylic oxidation sites excluding steroid dienone is 3. The van der Waals surface area contributed by atoms with Crippen LogP contribution in [0, 0.1) is 12.8 Å². The number of hydrogen-bond acceptors (Lipinski definition) is 3. The number of amides is 2. The molecule has 1 atom stereocenters. The number of nitrogens with zero attached hydrogens (tertiary/aromatic N) is 2. The van der Waals surface area contributed by atoms with Crippen LogP contribution in [0.25, 0.3) is 0 Å². The molecule has 1 aliphatic rings. The Hall–Kier alpha value is -2.43. The number of nitrogens with one attached hydrogen (secondary N) is 1. The molecule has 1 saturated heterocycles. The smallest absolute Gasteiger partial charge is 0.246 e. The maximum Gasteiger partial charge on any atom is 0.246 e. The summed E-state index contributed by atoms with van der Waals surface area (Å²) >= 11 is 0. The predicted molar refractivity (Wildman–Crippen MR) is 90.9 cm³/mol. The Morgan fingerprint density at radius 1 is 1.35 bits per heavy atom. The lowest BCUT2D eigenvalue weighted by Gasteiger charge is -2.31. The van der Waals surface area contributed by atoms with Crippen molar-refractivity contribution in [3.05, 3.63) is 48.2 Å². The van der Waals surface area contributed by atoms with Gasteiger partial charge in [0.2, 0.25) is 11.8 Å². The first kappa shape index (κ1) is 16.9. The third-order valence-corrected chi connectivity index (χ3v) is 3.79. The second-order valence-electron chi connectivity index (χ2n) is 5.66. The minimum atomic E-state index is -0.190. The molecule has 122 valence electrons. The van der Waals surface area contributed by atoms with Crippen LogP contribution in [-0.4, -0.2) is 34.8 Å². The second kappa shape index (κ2) is 8.27. The fourth-order valence-electron chi connectivity index (χ4n) is 2.59. The fourth-order valence-corrected chi connectivity index (χ4v) is 2.59. The first-order valence-electron chi connectivity index (χ1n) is 7.93. The van der Waals surface area contributed by atoms with Crippen LogP contribution in [0.4, 0.5) is 5.82 Å². The van der Waals surface area contributed by atoms with Crippen molar-refractivity contribution in [3.63, 3.8) is 0 Å². The maximum absolute atomic E-state index is 12.4. The third-order valence-electron chi connectivity index (χ3n) is 3.79. The Kier molecular flexibility index (Phi) is 6.09. The highest BCUT2D eigenvalue weighted by molar-refractivity contribution is 5.93. The first-order chi connectivity index (χ1) is 11.1. The van der Waals surface area contributed by atoms with E-state index in [2.05, 4.69) is 10.3 Å². The SMILES string of the molecule is CC=CC=CC(=O)N1CCCC(C(=O)Nc2cccc(C)n2)C1. The van der Waals surface area contributed by atoms with Gasteiger partial charge in [0, 0.05) is 24.9 Å². The number of rotatable bonds is 4. The molecule has 1 aromatic heterocycles. The van der Waals surface area contributed by atoms with Crippen LogP contribution in [-0.2, 0) is 9.59 Å². The summed E-state index contributed by atoms with van der Waals surface area (Å²) in [5.41, 5.74) is 0.859. The average molecular weight is 313 g/mol. The monoisotopic (exact) mass is 313 g/mol. The molecule has 0 aliphatic carbocycles. The molecule has 1 fully saturated rings. The molecule has 2 heterocycles. The summed E-state index contributed by atoms with van der Waals surface area (Å²) < 4.78 is 0. The van der Waals surface area contributed by atoms with Crippen LogP contribution >= 0.6 is 0 Å². The van der Waals surface area contributed by atoms with Gasteiger partial charge in [0.25, 0.3) is 0 Å². The lowest BCUT2D eigenvalue weighted by molar-refractivity contribution is -0.130. The standard InChI is InChI=1S/C18H23N3O2/c1-3-4-5-11-17(22)21-12-7-9-15(13-21)18(23)20-16-10-6-8-14(2)19-16/h3-6,8,10-11,15H,7,9,12-13H2,1-2H3,(H,19,20,23). The zero-order valence-electron chi connectivity index (χ0n) is 13.7. The highest BCUT2D eigenvalue weighted by Crippen LogP contribution is 2.18. The van der Waals surface area contributed by atoms with Crippen molar-refractivity contribution >= 4 is 17.6 Å². The van der Waals surface area contributed by atoms with Gasteiger partial charge in [-0.15, -0.1) is 0 Å². The Labute approximate surface area is 137 Å². The van der Waals surface area contributed by atoms with Crippen molar-refractivity contribution in [2.24, 2.45) is 5.92 Å². The van der Waals surface area contributed by atoms with Gasteiger partial charge in [-0.3, -0.25) is 9.59 Å². The van der Waals surface area contributed by atoms with Crippen LogP contribution in [0.15, 0.2) is 42.5 Å². The van der Waals surface area contributed by atoms with Gasteiger partial charge >= 0.3 is 0 Å². The number of hydrogen-bond donors (Lipinski definition) is 1. The lowest BCUT2D eigenvalue weighted by Crippen LogP contribution is -2.43. The largest absolute Gasteiger partial charge is 0.338 e. The van der Waals surface area contributed by atoms with E-state index >= 15 is 0 Å². The molecule has 23 heavy (non-hydrogen) atoms. The van der Waals surface area contributed by atoms with E-state index in [0.717, 1.165) is 18.5 Å². The Bertz CT molecular complexity index is 622. The van der Waals surface area contributed by atoms with Gasteiger partial charge in [-0.25, -0.2) is 4.98 Å². The van der Waals surface area contributed by atoms with E-state index in [0.29, 0.717) is 18.9 Å². The van der Waals surface area contributed by atoms with Gasteiger partial charge in [-0.05, 0) is 38.8 Å². The molecular formula is C18H23N3O2. The minimum absolute atomic E-state index is 0.0470. The van der Waals surface area contributed by atoms with Crippen molar-refractivity contribution in [2.75, 3.05) is 18.4 Å². The Balaban J connectivity index is 1.94. The number of anilines is 1. The van der Waals surface area contributed by atoms with E-state index in [9.17, 15) is 9.59 Å². The van der Waals surface area contributed by atoms with Gasteiger partial charge in [-0.1, -0.05) is 24.3 Å². The van der Waals surface area contributed by atoms with E-state index < -0.39 is 0 Å². The predicted octanol–water partition coefficient (Wildman–Crippen LogP) is 2.70. The minimum Gasteiger partial charge on any atom is -0.338 e. The van der Waals surface area contributed by atoms with Gasteiger partial charge in [0.15, 0.2) is 0 Å². The van der Waals surface area contributed by atoms with Crippen LogP contribution in [0.3, 0.4) is 0 Å². The van der Waals surface area contributed by atoms with Gasteiger partial charge in [-0.2, -0.15) is 0 Å². The van der Waals surface area contributed by atoms with Crippen molar-refractivity contribution < 1.29 is 9.59 Å². The third kappa shape index (κ3) is 5.06. The number of aryl methyl sites for hydroxylation is 1.